The second-order valence-corrected chi connectivity index (χ2v) is 21.8. The van der Waals surface area contributed by atoms with Crippen molar-refractivity contribution in [2.75, 3.05) is 14.2 Å². The van der Waals surface area contributed by atoms with Gasteiger partial charge in [0.05, 0.1) is 14.2 Å². The van der Waals surface area contributed by atoms with Gasteiger partial charge in [-0.2, -0.15) is 0 Å². The van der Waals surface area contributed by atoms with E-state index in [1.165, 1.54) is 11.1 Å². The molecule has 0 spiro atoms. The number of rotatable bonds is 7. The number of benzene rings is 5. The lowest BCUT2D eigenvalue weighted by molar-refractivity contribution is 0.202. The van der Waals surface area contributed by atoms with Crippen LogP contribution in [0.5, 0.6) is 28.7 Å². The molecule has 64 heavy (non-hydrogen) atoms. The van der Waals surface area contributed by atoms with Crippen LogP contribution in [0, 0.1) is 41.5 Å². The first-order chi connectivity index (χ1) is 30.1. The lowest BCUT2D eigenvalue weighted by atomic mass is 9.82. The Kier molecular flexibility index (Phi) is 12.1. The maximum absolute atomic E-state index is 7.21. The molecular weight excluding hydrogens is 839 g/mol. The molecule has 0 fully saturated rings. The standard InChI is InChI=1S/C54H62O8P2/c1-29-17-33(5)47-39(21-29)40-22-30(2)18-34(6)48(40)58-63(57-47)59-49-35(7)19-31(3)23-41(49)42-24-32(4)20-36(8)50(42)60-64-61-51-43(25-37(55-15)27-45(51)53(9,10)11)44-26-38(56-16)28-46(52(44)62-64)54(12,13)14/h17-28,39,47H,1-16H3. The Morgan fingerprint density at radius 2 is 1.05 bits per heavy atom. The molecule has 3 atom stereocenters. The van der Waals surface area contributed by atoms with Gasteiger partial charge in [-0.3, -0.25) is 4.52 Å². The Labute approximate surface area is 381 Å². The van der Waals surface area contributed by atoms with E-state index in [4.69, 9.17) is 36.0 Å². The van der Waals surface area contributed by atoms with Gasteiger partial charge in [-0.15, -0.1) is 0 Å². The minimum absolute atomic E-state index is 0.00960. The summed E-state index contributed by atoms with van der Waals surface area (Å²) in [6, 6.07) is 21.1. The minimum atomic E-state index is -2.11. The van der Waals surface area contributed by atoms with Crippen LogP contribution in [0.15, 0.2) is 92.4 Å². The summed E-state index contributed by atoms with van der Waals surface area (Å²) >= 11 is 0. The molecule has 10 heteroatoms. The molecule has 0 radical (unpaired) electrons. The molecule has 1 aliphatic heterocycles. The fourth-order valence-electron chi connectivity index (χ4n) is 9.19. The van der Waals surface area contributed by atoms with Crippen LogP contribution >= 0.6 is 16.8 Å². The van der Waals surface area contributed by atoms with E-state index in [1.807, 2.05) is 12.1 Å². The van der Waals surface area contributed by atoms with E-state index in [1.54, 1.807) is 14.2 Å². The molecule has 8 rings (SSSR count). The maximum Gasteiger partial charge on any atom is 0.463 e. The third-order valence-corrected chi connectivity index (χ3v) is 14.2. The van der Waals surface area contributed by atoms with Gasteiger partial charge in [0, 0.05) is 44.5 Å². The van der Waals surface area contributed by atoms with E-state index in [-0.39, 0.29) is 22.9 Å². The zero-order valence-corrected chi connectivity index (χ0v) is 42.0. The molecule has 6 aromatic rings. The number of ether oxygens (including phenoxy) is 2. The Morgan fingerprint density at radius 1 is 0.562 bits per heavy atom. The summed E-state index contributed by atoms with van der Waals surface area (Å²) in [7, 11) is -0.651. The van der Waals surface area contributed by atoms with Crippen molar-refractivity contribution in [3.8, 4) is 39.9 Å². The van der Waals surface area contributed by atoms with Crippen molar-refractivity contribution < 1.29 is 36.0 Å². The zero-order chi connectivity index (χ0) is 46.2. The highest BCUT2D eigenvalue weighted by Crippen LogP contribution is 2.57. The van der Waals surface area contributed by atoms with Gasteiger partial charge in [-0.1, -0.05) is 89.1 Å². The molecule has 1 aromatic heterocycles. The largest absolute Gasteiger partial charge is 0.497 e. The van der Waals surface area contributed by atoms with Crippen LogP contribution in [0.2, 0.25) is 0 Å². The SMILES string of the molecule is COc1cc(C(C)(C)C)c2op(Oc3c(C)cc(C)cc3-c3cc(C)cc(C)c3OP3Oc4c(C)cc(C)cc4C4C=C(C)C=C(C)C4O3)oc3c(C(C)(C)C)cc(OC)cc3c2c1. The summed E-state index contributed by atoms with van der Waals surface area (Å²) in [4.78, 5) is 0. The first-order valence-electron chi connectivity index (χ1n) is 22.0. The predicted octanol–water partition coefficient (Wildman–Crippen LogP) is 16.3. The third-order valence-electron chi connectivity index (χ3n) is 12.1. The van der Waals surface area contributed by atoms with Crippen LogP contribution in [0.25, 0.3) is 33.1 Å². The highest BCUT2D eigenvalue weighted by Gasteiger charge is 2.39. The van der Waals surface area contributed by atoms with E-state index < -0.39 is 16.8 Å². The van der Waals surface area contributed by atoms with Gasteiger partial charge in [0.25, 0.3) is 0 Å². The number of hydrogen-bond donors (Lipinski definition) is 0. The Hall–Kier alpha value is -5.13. The van der Waals surface area contributed by atoms with E-state index in [9.17, 15) is 0 Å². The third kappa shape index (κ3) is 8.70. The molecule has 0 N–H and O–H groups in total. The van der Waals surface area contributed by atoms with Crippen molar-refractivity contribution in [1.82, 2.24) is 0 Å². The summed E-state index contributed by atoms with van der Waals surface area (Å²) in [6.07, 6.45) is 4.24. The van der Waals surface area contributed by atoms with Crippen LogP contribution in [0.3, 0.4) is 0 Å². The average molecular weight is 901 g/mol. The zero-order valence-electron chi connectivity index (χ0n) is 40.2. The molecule has 2 aliphatic rings. The van der Waals surface area contributed by atoms with E-state index in [0.717, 1.165) is 89.2 Å². The second-order valence-electron chi connectivity index (χ2n) is 19.8. The van der Waals surface area contributed by atoms with Crippen LogP contribution < -0.4 is 23.0 Å². The highest BCUT2D eigenvalue weighted by atomic mass is 31.2. The number of aryl methyl sites for hydroxylation is 6. The fraction of sp³-hybridized carbons (Fsp3) is 0.370. The minimum Gasteiger partial charge on any atom is -0.497 e. The Bertz CT molecular complexity index is 2860. The van der Waals surface area contributed by atoms with E-state index >= 15 is 0 Å². The van der Waals surface area contributed by atoms with Crippen molar-refractivity contribution in [3.05, 3.63) is 134 Å². The number of hydrogen-bond acceptors (Lipinski definition) is 8. The van der Waals surface area contributed by atoms with E-state index in [0.29, 0.717) is 22.7 Å². The molecule has 2 heterocycles. The van der Waals surface area contributed by atoms with Crippen molar-refractivity contribution in [1.29, 1.82) is 0 Å². The molecule has 0 amide bonds. The molecule has 3 unspecified atom stereocenters. The van der Waals surface area contributed by atoms with E-state index in [2.05, 4.69) is 158 Å². The fourth-order valence-corrected chi connectivity index (χ4v) is 11.8. The van der Waals surface area contributed by atoms with Crippen molar-refractivity contribution in [3.63, 3.8) is 0 Å². The smallest absolute Gasteiger partial charge is 0.463 e. The van der Waals surface area contributed by atoms with Crippen molar-refractivity contribution in [2.45, 2.75) is 120 Å². The molecule has 8 nitrogen and oxygen atoms in total. The predicted molar refractivity (Wildman–Crippen MR) is 263 cm³/mol. The highest BCUT2D eigenvalue weighted by molar-refractivity contribution is 7.42. The van der Waals surface area contributed by atoms with Gasteiger partial charge in [-0.05, 0) is 136 Å². The first kappa shape index (κ1) is 45.4. The Balaban J connectivity index is 1.34. The molecule has 0 saturated carbocycles. The summed E-state index contributed by atoms with van der Waals surface area (Å²) in [5.74, 6) is 3.54. The van der Waals surface area contributed by atoms with Crippen molar-refractivity contribution in [2.24, 2.45) is 0 Å². The average Bonchev–Trinajstić information content (AvgIpc) is 3.46. The second kappa shape index (κ2) is 17.0. The normalized spacial score (nSPS) is 17.5. The quantitative estimate of drug-likeness (QED) is 0.147. The molecule has 336 valence electrons. The summed E-state index contributed by atoms with van der Waals surface area (Å²) in [5, 5.41) is 1.69. The van der Waals surface area contributed by atoms with Crippen LogP contribution in [-0.2, 0) is 15.4 Å². The summed E-state index contributed by atoms with van der Waals surface area (Å²) in [5.41, 5.74) is 14.1. The monoisotopic (exact) mass is 900 g/mol. The summed E-state index contributed by atoms with van der Waals surface area (Å²) in [6.45, 7) is 29.9. The summed E-state index contributed by atoms with van der Waals surface area (Å²) < 4.78 is 54.1. The first-order valence-corrected chi connectivity index (χ1v) is 24.2. The van der Waals surface area contributed by atoms with Crippen LogP contribution in [0.1, 0.15) is 111 Å². The van der Waals surface area contributed by atoms with Gasteiger partial charge in [0.2, 0.25) is 0 Å². The molecule has 0 bridgehead atoms. The topological polar surface area (TPSA) is 81.7 Å². The van der Waals surface area contributed by atoms with Gasteiger partial charge >= 0.3 is 16.8 Å². The number of methoxy groups -OCH3 is 2. The lowest BCUT2D eigenvalue weighted by Crippen LogP contribution is -2.23. The molecular formula is C54H62O8P2. The molecule has 5 aromatic carbocycles. The van der Waals surface area contributed by atoms with Crippen LogP contribution in [-0.4, -0.2) is 20.3 Å². The molecule has 0 saturated heterocycles. The van der Waals surface area contributed by atoms with Gasteiger partial charge in [0.1, 0.15) is 46.0 Å². The Morgan fingerprint density at radius 3 is 1.55 bits per heavy atom. The van der Waals surface area contributed by atoms with Crippen molar-refractivity contribution >= 4 is 38.8 Å². The van der Waals surface area contributed by atoms with Gasteiger partial charge in [0.15, 0.2) is 0 Å². The van der Waals surface area contributed by atoms with Crippen LogP contribution in [0.4, 0.5) is 0 Å². The van der Waals surface area contributed by atoms with Gasteiger partial charge < -0.3 is 31.4 Å². The number of fused-ring (bicyclic) bond motifs is 6. The maximum atomic E-state index is 7.21. The van der Waals surface area contributed by atoms with Gasteiger partial charge in [-0.25, -0.2) is 0 Å². The lowest BCUT2D eigenvalue weighted by Gasteiger charge is -2.28. The molecule has 1 aliphatic carbocycles. The number of allylic oxidation sites excluding steroid dienone is 2.